The standard InChI is InChI=1S/C19H14FN3/c20-18-4-1-5-19(17(18)11-21)23-12-14-6-8-15(9-7-14)16-3-2-10-22-13-16/h1-10,13,23H,12H2. The number of anilines is 1. The van der Waals surface area contributed by atoms with E-state index in [2.05, 4.69) is 10.3 Å². The first-order valence-electron chi connectivity index (χ1n) is 7.20. The summed E-state index contributed by atoms with van der Waals surface area (Å²) >= 11 is 0. The van der Waals surface area contributed by atoms with E-state index in [-0.39, 0.29) is 5.56 Å². The van der Waals surface area contributed by atoms with Gasteiger partial charge in [0.1, 0.15) is 17.4 Å². The molecule has 0 atom stereocenters. The van der Waals surface area contributed by atoms with Crippen molar-refractivity contribution < 1.29 is 4.39 Å². The van der Waals surface area contributed by atoms with Gasteiger partial charge in [0.05, 0.1) is 5.69 Å². The average Bonchev–Trinajstić information content (AvgIpc) is 2.61. The predicted octanol–water partition coefficient (Wildman–Crippen LogP) is 4.37. The fourth-order valence-electron chi connectivity index (χ4n) is 2.33. The van der Waals surface area contributed by atoms with E-state index in [0.29, 0.717) is 12.2 Å². The first-order valence-corrected chi connectivity index (χ1v) is 7.20. The molecule has 0 aliphatic heterocycles. The number of nitrogens with one attached hydrogen (secondary N) is 1. The molecule has 23 heavy (non-hydrogen) atoms. The highest BCUT2D eigenvalue weighted by atomic mass is 19.1. The number of benzene rings is 2. The van der Waals surface area contributed by atoms with Gasteiger partial charge >= 0.3 is 0 Å². The third kappa shape index (κ3) is 3.35. The van der Waals surface area contributed by atoms with Crippen molar-refractivity contribution in [3.63, 3.8) is 0 Å². The Kier molecular flexibility index (Phi) is 4.30. The Bertz CT molecular complexity index is 837. The maximum atomic E-state index is 13.5. The van der Waals surface area contributed by atoms with Crippen molar-refractivity contribution in [1.29, 1.82) is 5.26 Å². The number of hydrogen-bond donors (Lipinski definition) is 1. The summed E-state index contributed by atoms with van der Waals surface area (Å²) in [5.74, 6) is -0.510. The van der Waals surface area contributed by atoms with E-state index in [1.165, 1.54) is 6.07 Å². The molecular formula is C19H14FN3. The summed E-state index contributed by atoms with van der Waals surface area (Å²) < 4.78 is 13.5. The lowest BCUT2D eigenvalue weighted by Crippen LogP contribution is -2.02. The molecule has 0 bridgehead atoms. The summed E-state index contributed by atoms with van der Waals surface area (Å²) in [7, 11) is 0. The molecule has 3 rings (SSSR count). The number of rotatable bonds is 4. The molecule has 0 radical (unpaired) electrons. The molecule has 1 aromatic heterocycles. The van der Waals surface area contributed by atoms with Gasteiger partial charge in [0.25, 0.3) is 0 Å². The smallest absolute Gasteiger partial charge is 0.143 e. The van der Waals surface area contributed by atoms with Gasteiger partial charge in [-0.05, 0) is 34.9 Å². The van der Waals surface area contributed by atoms with E-state index in [4.69, 9.17) is 5.26 Å². The van der Waals surface area contributed by atoms with E-state index in [9.17, 15) is 4.39 Å². The van der Waals surface area contributed by atoms with Gasteiger partial charge in [-0.1, -0.05) is 36.4 Å². The van der Waals surface area contributed by atoms with E-state index in [1.54, 1.807) is 18.3 Å². The number of hydrogen-bond acceptors (Lipinski definition) is 3. The second kappa shape index (κ2) is 6.71. The first kappa shape index (κ1) is 14.7. The summed E-state index contributed by atoms with van der Waals surface area (Å²) in [6.07, 6.45) is 3.56. The molecule has 0 unspecified atom stereocenters. The van der Waals surface area contributed by atoms with Crippen molar-refractivity contribution in [3.8, 4) is 17.2 Å². The molecule has 0 aliphatic carbocycles. The summed E-state index contributed by atoms with van der Waals surface area (Å²) in [6, 6.07) is 18.4. The van der Waals surface area contributed by atoms with Crippen LogP contribution >= 0.6 is 0 Å². The molecule has 3 nitrogen and oxygen atoms in total. The zero-order chi connectivity index (χ0) is 16.1. The zero-order valence-corrected chi connectivity index (χ0v) is 12.3. The summed E-state index contributed by atoms with van der Waals surface area (Å²) in [6.45, 7) is 0.519. The number of halogens is 1. The van der Waals surface area contributed by atoms with Gasteiger partial charge in [0, 0.05) is 18.9 Å². The number of nitrogens with zero attached hydrogens (tertiary/aromatic N) is 2. The first-order chi connectivity index (χ1) is 11.3. The lowest BCUT2D eigenvalue weighted by atomic mass is 10.1. The van der Waals surface area contributed by atoms with Crippen LogP contribution in [0.15, 0.2) is 67.0 Å². The topological polar surface area (TPSA) is 48.7 Å². The van der Waals surface area contributed by atoms with Crippen LogP contribution in [-0.2, 0) is 6.54 Å². The quantitative estimate of drug-likeness (QED) is 0.778. The van der Waals surface area contributed by atoms with Crippen LogP contribution in [0.25, 0.3) is 11.1 Å². The van der Waals surface area contributed by atoms with Crippen molar-refractivity contribution in [2.45, 2.75) is 6.54 Å². The van der Waals surface area contributed by atoms with Gasteiger partial charge in [0.2, 0.25) is 0 Å². The monoisotopic (exact) mass is 303 g/mol. The minimum Gasteiger partial charge on any atom is -0.380 e. The lowest BCUT2D eigenvalue weighted by molar-refractivity contribution is 0.624. The Morgan fingerprint density at radius 3 is 2.52 bits per heavy atom. The maximum absolute atomic E-state index is 13.5. The Labute approximate surface area is 134 Å². The van der Waals surface area contributed by atoms with E-state index < -0.39 is 5.82 Å². The van der Waals surface area contributed by atoms with Crippen LogP contribution in [0.3, 0.4) is 0 Å². The van der Waals surface area contributed by atoms with Crippen LogP contribution < -0.4 is 5.32 Å². The maximum Gasteiger partial charge on any atom is 0.143 e. The van der Waals surface area contributed by atoms with Crippen LogP contribution in [0.2, 0.25) is 0 Å². The summed E-state index contributed by atoms with van der Waals surface area (Å²) in [5.41, 5.74) is 3.74. The molecule has 4 heteroatoms. The van der Waals surface area contributed by atoms with Gasteiger partial charge in [-0.3, -0.25) is 4.98 Å². The van der Waals surface area contributed by atoms with Crippen LogP contribution in [0, 0.1) is 17.1 Å². The highest BCUT2D eigenvalue weighted by Crippen LogP contribution is 2.21. The van der Waals surface area contributed by atoms with Gasteiger partial charge in [-0.15, -0.1) is 0 Å². The summed E-state index contributed by atoms with van der Waals surface area (Å²) in [4.78, 5) is 4.11. The molecule has 0 saturated carbocycles. The van der Waals surface area contributed by atoms with Crippen LogP contribution in [-0.4, -0.2) is 4.98 Å². The van der Waals surface area contributed by atoms with Crippen molar-refractivity contribution in [1.82, 2.24) is 4.98 Å². The molecule has 2 aromatic carbocycles. The molecule has 0 fully saturated rings. The van der Waals surface area contributed by atoms with E-state index >= 15 is 0 Å². The van der Waals surface area contributed by atoms with Gasteiger partial charge in [0.15, 0.2) is 0 Å². The van der Waals surface area contributed by atoms with Gasteiger partial charge in [-0.2, -0.15) is 5.26 Å². The van der Waals surface area contributed by atoms with Gasteiger partial charge in [-0.25, -0.2) is 4.39 Å². The zero-order valence-electron chi connectivity index (χ0n) is 12.3. The SMILES string of the molecule is N#Cc1c(F)cccc1NCc1ccc(-c2cccnc2)cc1. The highest BCUT2D eigenvalue weighted by Gasteiger charge is 2.07. The number of pyridine rings is 1. The summed E-state index contributed by atoms with van der Waals surface area (Å²) in [5, 5.41) is 12.1. The van der Waals surface area contributed by atoms with Crippen molar-refractivity contribution in [2.24, 2.45) is 0 Å². The second-order valence-corrected chi connectivity index (χ2v) is 5.07. The van der Waals surface area contributed by atoms with Crippen LogP contribution in [0.5, 0.6) is 0 Å². The average molecular weight is 303 g/mol. The van der Waals surface area contributed by atoms with E-state index in [1.807, 2.05) is 48.7 Å². The van der Waals surface area contributed by atoms with E-state index in [0.717, 1.165) is 16.7 Å². The molecule has 3 aromatic rings. The van der Waals surface area contributed by atoms with Crippen molar-refractivity contribution >= 4 is 5.69 Å². The third-order valence-electron chi connectivity index (χ3n) is 3.56. The minimum absolute atomic E-state index is 0.0412. The third-order valence-corrected chi connectivity index (χ3v) is 3.56. The number of nitriles is 1. The Morgan fingerprint density at radius 2 is 1.83 bits per heavy atom. The molecule has 1 heterocycles. The molecule has 0 saturated heterocycles. The number of aromatic nitrogens is 1. The molecule has 112 valence electrons. The van der Waals surface area contributed by atoms with Crippen LogP contribution in [0.1, 0.15) is 11.1 Å². The predicted molar refractivity (Wildman–Crippen MR) is 88.1 cm³/mol. The molecule has 1 N–H and O–H groups in total. The Morgan fingerprint density at radius 1 is 1.00 bits per heavy atom. The normalized spacial score (nSPS) is 10.1. The van der Waals surface area contributed by atoms with Gasteiger partial charge < -0.3 is 5.32 Å². The molecule has 0 aliphatic rings. The Balaban J connectivity index is 1.73. The lowest BCUT2D eigenvalue weighted by Gasteiger charge is -2.09. The van der Waals surface area contributed by atoms with Crippen LogP contribution in [0.4, 0.5) is 10.1 Å². The highest BCUT2D eigenvalue weighted by molar-refractivity contribution is 5.63. The Hall–Kier alpha value is -3.19. The molecular weight excluding hydrogens is 289 g/mol. The molecule has 0 amide bonds. The fourth-order valence-corrected chi connectivity index (χ4v) is 2.33. The van der Waals surface area contributed by atoms with Crippen molar-refractivity contribution in [3.05, 3.63) is 83.9 Å². The van der Waals surface area contributed by atoms with Crippen molar-refractivity contribution in [2.75, 3.05) is 5.32 Å². The minimum atomic E-state index is -0.510. The fraction of sp³-hybridized carbons (Fsp3) is 0.0526. The largest absolute Gasteiger partial charge is 0.380 e. The molecule has 0 spiro atoms. The second-order valence-electron chi connectivity index (χ2n) is 5.07.